The van der Waals surface area contributed by atoms with Crippen molar-refractivity contribution in [1.82, 2.24) is 25.1 Å². The van der Waals surface area contributed by atoms with Crippen LogP contribution in [0.1, 0.15) is 12.1 Å². The standard InChI is InChI=1S/C21H20N6O2S2/c28-18(8-7-16-19(29)23-15-5-2-1-4-14(15)22-16)26-9-11-27(12-10-26)21-25-24-20(31-21)17-6-3-13-30-17/h1-6,13H,7-12H2,(H,23,29). The molecule has 0 unspecified atom stereocenters. The van der Waals surface area contributed by atoms with E-state index in [1.807, 2.05) is 46.7 Å². The highest BCUT2D eigenvalue weighted by molar-refractivity contribution is 7.22. The number of aromatic nitrogens is 4. The van der Waals surface area contributed by atoms with Gasteiger partial charge in [0.2, 0.25) is 11.0 Å². The van der Waals surface area contributed by atoms with E-state index in [2.05, 4.69) is 25.1 Å². The van der Waals surface area contributed by atoms with Gasteiger partial charge in [0, 0.05) is 39.0 Å². The van der Waals surface area contributed by atoms with Crippen molar-refractivity contribution < 1.29 is 4.79 Å². The normalized spacial score (nSPS) is 14.3. The van der Waals surface area contributed by atoms with Crippen molar-refractivity contribution >= 4 is 44.7 Å². The van der Waals surface area contributed by atoms with Crippen LogP contribution < -0.4 is 10.5 Å². The lowest BCUT2D eigenvalue weighted by Crippen LogP contribution is -2.48. The molecule has 4 aromatic rings. The van der Waals surface area contributed by atoms with Gasteiger partial charge in [-0.1, -0.05) is 29.5 Å². The summed E-state index contributed by atoms with van der Waals surface area (Å²) in [6.07, 6.45) is 0.607. The number of rotatable bonds is 5. The van der Waals surface area contributed by atoms with Crippen molar-refractivity contribution in [2.45, 2.75) is 12.8 Å². The zero-order valence-electron chi connectivity index (χ0n) is 16.7. The third-order valence-electron chi connectivity index (χ3n) is 5.29. The Bertz CT molecular complexity index is 1260. The summed E-state index contributed by atoms with van der Waals surface area (Å²) in [4.78, 5) is 37.4. The van der Waals surface area contributed by atoms with E-state index in [4.69, 9.17) is 0 Å². The van der Waals surface area contributed by atoms with Crippen LogP contribution in [-0.4, -0.2) is 57.2 Å². The number of piperazine rings is 1. The molecule has 8 nitrogen and oxygen atoms in total. The first-order valence-electron chi connectivity index (χ1n) is 10.1. The Kier molecular flexibility index (Phi) is 5.47. The lowest BCUT2D eigenvalue weighted by molar-refractivity contribution is -0.131. The summed E-state index contributed by atoms with van der Waals surface area (Å²) in [5, 5.41) is 12.5. The van der Waals surface area contributed by atoms with Crippen molar-refractivity contribution in [1.29, 1.82) is 0 Å². The number of hydrogen-bond donors (Lipinski definition) is 1. The number of fused-ring (bicyclic) bond motifs is 1. The third-order valence-corrected chi connectivity index (χ3v) is 7.32. The minimum absolute atomic E-state index is 0.0468. The highest BCUT2D eigenvalue weighted by Crippen LogP contribution is 2.31. The molecule has 10 heteroatoms. The van der Waals surface area contributed by atoms with Gasteiger partial charge < -0.3 is 14.8 Å². The second-order valence-electron chi connectivity index (χ2n) is 7.26. The topological polar surface area (TPSA) is 95.1 Å². The van der Waals surface area contributed by atoms with Gasteiger partial charge >= 0.3 is 0 Å². The fourth-order valence-electron chi connectivity index (χ4n) is 3.61. The summed E-state index contributed by atoms with van der Waals surface area (Å²) in [5.41, 5.74) is 1.62. The molecule has 4 heterocycles. The molecule has 31 heavy (non-hydrogen) atoms. The molecule has 1 N–H and O–H groups in total. The average molecular weight is 453 g/mol. The smallest absolute Gasteiger partial charge is 0.270 e. The average Bonchev–Trinajstić information content (AvgIpc) is 3.49. The van der Waals surface area contributed by atoms with Crippen LogP contribution in [0.2, 0.25) is 0 Å². The number of anilines is 1. The maximum atomic E-state index is 12.7. The number of nitrogens with one attached hydrogen (secondary N) is 1. The minimum atomic E-state index is -0.228. The molecule has 0 spiro atoms. The number of nitrogens with zero attached hydrogens (tertiary/aromatic N) is 5. The first kappa shape index (κ1) is 19.8. The molecule has 0 radical (unpaired) electrons. The van der Waals surface area contributed by atoms with Crippen LogP contribution in [0.4, 0.5) is 5.13 Å². The molecule has 1 fully saturated rings. The molecule has 1 aliphatic heterocycles. The van der Waals surface area contributed by atoms with Crippen LogP contribution in [0.15, 0.2) is 46.6 Å². The van der Waals surface area contributed by atoms with Gasteiger partial charge in [-0.25, -0.2) is 4.98 Å². The molecule has 1 amide bonds. The molecule has 0 saturated carbocycles. The summed E-state index contributed by atoms with van der Waals surface area (Å²) >= 11 is 3.23. The van der Waals surface area contributed by atoms with E-state index in [0.717, 1.165) is 33.6 Å². The van der Waals surface area contributed by atoms with Crippen LogP contribution in [0, 0.1) is 0 Å². The fraction of sp³-hybridized carbons (Fsp3) is 0.286. The van der Waals surface area contributed by atoms with Gasteiger partial charge in [0.25, 0.3) is 5.56 Å². The van der Waals surface area contributed by atoms with Gasteiger partial charge in [-0.2, -0.15) is 0 Å². The van der Waals surface area contributed by atoms with Crippen molar-refractivity contribution in [3.05, 3.63) is 57.8 Å². The second kappa shape index (κ2) is 8.56. The molecule has 1 aliphatic rings. The molecular formula is C21H20N6O2S2. The Morgan fingerprint density at radius 2 is 1.90 bits per heavy atom. The summed E-state index contributed by atoms with van der Waals surface area (Å²) in [6, 6.07) is 11.5. The van der Waals surface area contributed by atoms with Gasteiger partial charge in [-0.15, -0.1) is 21.5 Å². The van der Waals surface area contributed by atoms with Gasteiger partial charge in [-0.3, -0.25) is 9.59 Å². The Labute approximate surface area is 186 Å². The van der Waals surface area contributed by atoms with E-state index >= 15 is 0 Å². The van der Waals surface area contributed by atoms with E-state index in [1.54, 1.807) is 22.7 Å². The Morgan fingerprint density at radius 1 is 1.06 bits per heavy atom. The van der Waals surface area contributed by atoms with Crippen LogP contribution in [0.25, 0.3) is 20.9 Å². The van der Waals surface area contributed by atoms with Crippen LogP contribution in [-0.2, 0) is 11.2 Å². The number of hydrogen-bond acceptors (Lipinski definition) is 8. The highest BCUT2D eigenvalue weighted by atomic mass is 32.1. The number of aromatic amines is 1. The van der Waals surface area contributed by atoms with E-state index in [9.17, 15) is 9.59 Å². The minimum Gasteiger partial charge on any atom is -0.343 e. The highest BCUT2D eigenvalue weighted by Gasteiger charge is 2.24. The number of H-pyrrole nitrogens is 1. The molecule has 1 saturated heterocycles. The quantitative estimate of drug-likeness (QED) is 0.500. The summed E-state index contributed by atoms with van der Waals surface area (Å²) in [6.45, 7) is 2.71. The lowest BCUT2D eigenvalue weighted by atomic mass is 10.2. The van der Waals surface area contributed by atoms with Crippen molar-refractivity contribution in [3.8, 4) is 9.88 Å². The second-order valence-corrected chi connectivity index (χ2v) is 9.17. The maximum Gasteiger partial charge on any atom is 0.270 e. The first-order valence-corrected chi connectivity index (χ1v) is 11.7. The SMILES string of the molecule is O=C(CCc1nc2ccccc2[nH]c1=O)N1CCN(c2nnc(-c3cccs3)s2)CC1. The van der Waals surface area contributed by atoms with Gasteiger partial charge in [0.1, 0.15) is 5.69 Å². The van der Waals surface area contributed by atoms with Gasteiger partial charge in [0.05, 0.1) is 15.9 Å². The number of para-hydroxylation sites is 2. The van der Waals surface area contributed by atoms with E-state index in [1.165, 1.54) is 0 Å². The lowest BCUT2D eigenvalue weighted by Gasteiger charge is -2.34. The van der Waals surface area contributed by atoms with E-state index in [-0.39, 0.29) is 17.9 Å². The fourth-order valence-corrected chi connectivity index (χ4v) is 5.30. The summed E-state index contributed by atoms with van der Waals surface area (Å²) in [7, 11) is 0. The van der Waals surface area contributed by atoms with Gasteiger partial charge in [0.15, 0.2) is 5.01 Å². The number of benzene rings is 1. The zero-order valence-corrected chi connectivity index (χ0v) is 18.3. The van der Waals surface area contributed by atoms with Crippen LogP contribution in [0.5, 0.6) is 0 Å². The Hall–Kier alpha value is -3.11. The predicted molar refractivity (Wildman–Crippen MR) is 123 cm³/mol. The van der Waals surface area contributed by atoms with Crippen LogP contribution in [0.3, 0.4) is 0 Å². The summed E-state index contributed by atoms with van der Waals surface area (Å²) < 4.78 is 0. The molecule has 158 valence electrons. The number of thiophene rings is 1. The Balaban J connectivity index is 1.17. The number of carbonyl (C=O) groups is 1. The molecular weight excluding hydrogens is 432 g/mol. The number of aryl methyl sites for hydroxylation is 1. The Morgan fingerprint density at radius 3 is 2.71 bits per heavy atom. The largest absolute Gasteiger partial charge is 0.343 e. The van der Waals surface area contributed by atoms with E-state index < -0.39 is 0 Å². The number of amides is 1. The first-order chi connectivity index (χ1) is 15.2. The zero-order chi connectivity index (χ0) is 21.2. The molecule has 5 rings (SSSR count). The molecule has 0 aliphatic carbocycles. The molecule has 3 aromatic heterocycles. The summed E-state index contributed by atoms with van der Waals surface area (Å²) in [5.74, 6) is 0.0468. The molecule has 0 bridgehead atoms. The van der Waals surface area contributed by atoms with Crippen LogP contribution >= 0.6 is 22.7 Å². The van der Waals surface area contributed by atoms with Crippen molar-refractivity contribution in [2.24, 2.45) is 0 Å². The van der Waals surface area contributed by atoms with Gasteiger partial charge in [-0.05, 0) is 23.6 Å². The van der Waals surface area contributed by atoms with Crippen molar-refractivity contribution in [2.75, 3.05) is 31.1 Å². The third kappa shape index (κ3) is 4.21. The number of carbonyl (C=O) groups excluding carboxylic acids is 1. The van der Waals surface area contributed by atoms with E-state index in [0.29, 0.717) is 30.7 Å². The molecule has 0 atom stereocenters. The molecule has 1 aromatic carbocycles. The van der Waals surface area contributed by atoms with Crippen molar-refractivity contribution in [3.63, 3.8) is 0 Å². The monoisotopic (exact) mass is 452 g/mol. The predicted octanol–water partition coefficient (Wildman–Crippen LogP) is 2.78. The maximum absolute atomic E-state index is 12.7.